The van der Waals surface area contributed by atoms with Crippen molar-refractivity contribution in [3.63, 3.8) is 0 Å². The van der Waals surface area contributed by atoms with Crippen LogP contribution in [0.3, 0.4) is 0 Å². The third-order valence-electron chi connectivity index (χ3n) is 3.28. The summed E-state index contributed by atoms with van der Waals surface area (Å²) in [4.78, 5) is 2.67. The van der Waals surface area contributed by atoms with Gasteiger partial charge in [-0.25, -0.2) is 0 Å². The van der Waals surface area contributed by atoms with Crippen molar-refractivity contribution < 1.29 is 0 Å². The number of nitrogens with one attached hydrogen (secondary N) is 1. The van der Waals surface area contributed by atoms with Gasteiger partial charge in [0.1, 0.15) is 0 Å². The Balaban J connectivity index is 2.54. The fourth-order valence-electron chi connectivity index (χ4n) is 2.14. The molecule has 3 atom stereocenters. The molecule has 0 spiro atoms. The Bertz CT molecular complexity index is 147. The van der Waals surface area contributed by atoms with Crippen molar-refractivity contribution in [3.05, 3.63) is 0 Å². The molecule has 78 valence electrons. The van der Waals surface area contributed by atoms with E-state index in [1.807, 2.05) is 0 Å². The third kappa shape index (κ3) is 2.68. The van der Waals surface area contributed by atoms with Gasteiger partial charge >= 0.3 is 0 Å². The van der Waals surface area contributed by atoms with Gasteiger partial charge < -0.3 is 5.32 Å². The quantitative estimate of drug-likeness (QED) is 0.720. The van der Waals surface area contributed by atoms with Crippen LogP contribution in [0, 0.1) is 0 Å². The van der Waals surface area contributed by atoms with Crippen molar-refractivity contribution in [2.24, 2.45) is 0 Å². The molecule has 1 fully saturated rings. The Morgan fingerprint density at radius 3 is 2.69 bits per heavy atom. The molecule has 0 aliphatic carbocycles. The smallest absolute Gasteiger partial charge is 0.0221 e. The van der Waals surface area contributed by atoms with E-state index < -0.39 is 0 Å². The Morgan fingerprint density at radius 1 is 1.46 bits per heavy atom. The summed E-state index contributed by atoms with van der Waals surface area (Å²) < 4.78 is 0. The van der Waals surface area contributed by atoms with Crippen LogP contribution in [0.1, 0.15) is 40.5 Å². The normalized spacial score (nSPS) is 33.2. The number of piperazine rings is 1. The van der Waals surface area contributed by atoms with Crippen LogP contribution >= 0.6 is 0 Å². The van der Waals surface area contributed by atoms with Gasteiger partial charge in [-0.05, 0) is 26.7 Å². The first kappa shape index (κ1) is 11.0. The standard InChI is InChI=1S/C11H24N2/c1-5-10(4)13-8-9(3)12-7-11(13)6-2/h9-12H,5-8H2,1-4H3. The van der Waals surface area contributed by atoms with Crippen molar-refractivity contribution in [1.82, 2.24) is 10.2 Å². The van der Waals surface area contributed by atoms with E-state index >= 15 is 0 Å². The molecule has 1 aliphatic rings. The minimum absolute atomic E-state index is 0.664. The molecule has 0 aromatic carbocycles. The van der Waals surface area contributed by atoms with Crippen LogP contribution in [0.15, 0.2) is 0 Å². The van der Waals surface area contributed by atoms with E-state index in [4.69, 9.17) is 0 Å². The molecule has 1 heterocycles. The summed E-state index contributed by atoms with van der Waals surface area (Å²) in [6.45, 7) is 11.6. The maximum Gasteiger partial charge on any atom is 0.0221 e. The Kier molecular flexibility index (Phi) is 4.20. The minimum Gasteiger partial charge on any atom is -0.311 e. The van der Waals surface area contributed by atoms with Gasteiger partial charge in [-0.3, -0.25) is 4.90 Å². The highest BCUT2D eigenvalue weighted by Crippen LogP contribution is 2.15. The average Bonchev–Trinajstić information content (AvgIpc) is 2.16. The molecule has 0 saturated carbocycles. The molecule has 1 N–H and O–H groups in total. The summed E-state index contributed by atoms with van der Waals surface area (Å²) >= 11 is 0. The summed E-state index contributed by atoms with van der Waals surface area (Å²) in [5, 5.41) is 3.55. The van der Waals surface area contributed by atoms with Crippen LogP contribution in [0.25, 0.3) is 0 Å². The molecule has 1 saturated heterocycles. The van der Waals surface area contributed by atoms with Gasteiger partial charge in [0.2, 0.25) is 0 Å². The summed E-state index contributed by atoms with van der Waals surface area (Å²) in [7, 11) is 0. The minimum atomic E-state index is 0.664. The molecule has 13 heavy (non-hydrogen) atoms. The fraction of sp³-hybridized carbons (Fsp3) is 1.00. The zero-order valence-electron chi connectivity index (χ0n) is 9.51. The molecule has 1 rings (SSSR count). The van der Waals surface area contributed by atoms with Crippen LogP contribution < -0.4 is 5.32 Å². The highest BCUT2D eigenvalue weighted by atomic mass is 15.2. The second kappa shape index (κ2) is 4.97. The second-order valence-electron chi connectivity index (χ2n) is 4.33. The largest absolute Gasteiger partial charge is 0.311 e. The van der Waals surface area contributed by atoms with E-state index in [-0.39, 0.29) is 0 Å². The Labute approximate surface area is 82.7 Å². The van der Waals surface area contributed by atoms with Crippen LogP contribution in [0.2, 0.25) is 0 Å². The topological polar surface area (TPSA) is 15.3 Å². The van der Waals surface area contributed by atoms with Gasteiger partial charge in [-0.2, -0.15) is 0 Å². The SMILES string of the molecule is CCC(C)N1CC(C)NCC1CC. The van der Waals surface area contributed by atoms with E-state index in [0.29, 0.717) is 6.04 Å². The van der Waals surface area contributed by atoms with Crippen LogP contribution in [-0.2, 0) is 0 Å². The van der Waals surface area contributed by atoms with Gasteiger partial charge in [0, 0.05) is 31.2 Å². The first-order chi connectivity index (χ1) is 6.19. The highest BCUT2D eigenvalue weighted by molar-refractivity contribution is 4.85. The summed E-state index contributed by atoms with van der Waals surface area (Å²) in [5.74, 6) is 0. The monoisotopic (exact) mass is 184 g/mol. The van der Waals surface area contributed by atoms with E-state index in [9.17, 15) is 0 Å². The third-order valence-corrected chi connectivity index (χ3v) is 3.28. The van der Waals surface area contributed by atoms with Gasteiger partial charge in [0.15, 0.2) is 0 Å². The van der Waals surface area contributed by atoms with Gasteiger partial charge in [0.25, 0.3) is 0 Å². The van der Waals surface area contributed by atoms with E-state index in [0.717, 1.165) is 12.1 Å². The molecule has 1 aliphatic heterocycles. The molecular formula is C11H24N2. The Morgan fingerprint density at radius 2 is 2.15 bits per heavy atom. The number of hydrogen-bond donors (Lipinski definition) is 1. The van der Waals surface area contributed by atoms with Crippen molar-refractivity contribution >= 4 is 0 Å². The van der Waals surface area contributed by atoms with Crippen LogP contribution in [-0.4, -0.2) is 36.1 Å². The predicted molar refractivity (Wildman–Crippen MR) is 58.0 cm³/mol. The van der Waals surface area contributed by atoms with Crippen molar-refractivity contribution in [2.45, 2.75) is 58.7 Å². The molecule has 3 unspecified atom stereocenters. The summed E-state index contributed by atoms with van der Waals surface area (Å²) in [6.07, 6.45) is 2.54. The lowest BCUT2D eigenvalue weighted by Crippen LogP contribution is -2.57. The summed E-state index contributed by atoms with van der Waals surface area (Å²) in [5.41, 5.74) is 0. The number of nitrogens with zero attached hydrogens (tertiary/aromatic N) is 1. The lowest BCUT2D eigenvalue weighted by atomic mass is 10.0. The zero-order chi connectivity index (χ0) is 9.84. The fourth-order valence-corrected chi connectivity index (χ4v) is 2.14. The van der Waals surface area contributed by atoms with Crippen molar-refractivity contribution in [3.8, 4) is 0 Å². The predicted octanol–water partition coefficient (Wildman–Crippen LogP) is 1.86. The molecular weight excluding hydrogens is 160 g/mol. The van der Waals surface area contributed by atoms with Crippen LogP contribution in [0.5, 0.6) is 0 Å². The van der Waals surface area contributed by atoms with Crippen molar-refractivity contribution in [1.29, 1.82) is 0 Å². The number of hydrogen-bond acceptors (Lipinski definition) is 2. The molecule has 0 radical (unpaired) electrons. The lowest BCUT2D eigenvalue weighted by molar-refractivity contribution is 0.0886. The maximum absolute atomic E-state index is 3.55. The Hall–Kier alpha value is -0.0800. The average molecular weight is 184 g/mol. The molecule has 2 heteroatoms. The van der Waals surface area contributed by atoms with E-state index in [2.05, 4.69) is 37.9 Å². The van der Waals surface area contributed by atoms with E-state index in [1.54, 1.807) is 0 Å². The van der Waals surface area contributed by atoms with Crippen molar-refractivity contribution in [2.75, 3.05) is 13.1 Å². The zero-order valence-corrected chi connectivity index (χ0v) is 9.51. The maximum atomic E-state index is 3.55. The van der Waals surface area contributed by atoms with Gasteiger partial charge in [-0.1, -0.05) is 13.8 Å². The van der Waals surface area contributed by atoms with E-state index in [1.165, 1.54) is 25.9 Å². The first-order valence-corrected chi connectivity index (χ1v) is 5.68. The van der Waals surface area contributed by atoms with Crippen LogP contribution in [0.4, 0.5) is 0 Å². The van der Waals surface area contributed by atoms with Gasteiger partial charge in [-0.15, -0.1) is 0 Å². The summed E-state index contributed by atoms with van der Waals surface area (Å²) in [6, 6.07) is 2.16. The molecule has 0 bridgehead atoms. The molecule has 0 aromatic rings. The number of rotatable bonds is 3. The molecule has 2 nitrogen and oxygen atoms in total. The molecule has 0 amide bonds. The van der Waals surface area contributed by atoms with Gasteiger partial charge in [0.05, 0.1) is 0 Å². The second-order valence-corrected chi connectivity index (χ2v) is 4.33. The molecule has 0 aromatic heterocycles. The lowest BCUT2D eigenvalue weighted by Gasteiger charge is -2.42. The highest BCUT2D eigenvalue weighted by Gasteiger charge is 2.26. The first-order valence-electron chi connectivity index (χ1n) is 5.68.